The van der Waals surface area contributed by atoms with Crippen molar-refractivity contribution in [1.82, 2.24) is 14.4 Å². The molecule has 0 atom stereocenters. The number of aromatic nitrogens is 1. The van der Waals surface area contributed by atoms with Crippen LogP contribution in [0.2, 0.25) is 0 Å². The number of rotatable bonds is 9. The molecule has 8 nitrogen and oxygen atoms in total. The van der Waals surface area contributed by atoms with Gasteiger partial charge in [0.25, 0.3) is 11.6 Å². The number of benzene rings is 1. The lowest BCUT2D eigenvalue weighted by atomic mass is 10.1. The number of carbonyl (C=O) groups excluding carboxylic acids is 2. The molecule has 8 heteroatoms. The molecule has 29 heavy (non-hydrogen) atoms. The van der Waals surface area contributed by atoms with Gasteiger partial charge in [-0.3, -0.25) is 19.7 Å². The third kappa shape index (κ3) is 4.90. The smallest absolute Gasteiger partial charge is 0.269 e. The van der Waals surface area contributed by atoms with Crippen LogP contribution in [0.1, 0.15) is 28.9 Å². The minimum absolute atomic E-state index is 0.0667. The van der Waals surface area contributed by atoms with Crippen LogP contribution in [0.15, 0.2) is 55.3 Å². The Hall–Kier alpha value is -3.42. The van der Waals surface area contributed by atoms with Gasteiger partial charge in [-0.2, -0.15) is 0 Å². The number of hydrogen-bond acceptors (Lipinski definition) is 4. The maximum absolute atomic E-state index is 13.0. The maximum Gasteiger partial charge on any atom is 0.269 e. The fourth-order valence-electron chi connectivity index (χ4n) is 3.18. The molecular formula is C21H24N4O4. The second-order valence-electron chi connectivity index (χ2n) is 7.14. The summed E-state index contributed by atoms with van der Waals surface area (Å²) in [6, 6.07) is 9.50. The molecule has 1 heterocycles. The van der Waals surface area contributed by atoms with Gasteiger partial charge >= 0.3 is 0 Å². The van der Waals surface area contributed by atoms with Gasteiger partial charge in [0.15, 0.2) is 0 Å². The first-order valence-electron chi connectivity index (χ1n) is 9.45. The Morgan fingerprint density at radius 2 is 1.97 bits per heavy atom. The van der Waals surface area contributed by atoms with Gasteiger partial charge in [0, 0.05) is 49.2 Å². The van der Waals surface area contributed by atoms with Gasteiger partial charge < -0.3 is 14.4 Å². The van der Waals surface area contributed by atoms with E-state index in [1.165, 1.54) is 29.2 Å². The first-order valence-corrected chi connectivity index (χ1v) is 9.45. The molecule has 0 aliphatic heterocycles. The SMILES string of the molecule is C=CCN(CC(=O)N(Cc1cccn1C)C1CC1)C(=O)c1ccc([N+](=O)[O-])cc1. The molecular weight excluding hydrogens is 372 g/mol. The van der Waals surface area contributed by atoms with E-state index in [0.29, 0.717) is 12.1 Å². The molecule has 0 unspecified atom stereocenters. The molecule has 2 aromatic rings. The Balaban J connectivity index is 1.73. The molecule has 0 bridgehead atoms. The number of hydrogen-bond donors (Lipinski definition) is 0. The van der Waals surface area contributed by atoms with Crippen LogP contribution in [-0.2, 0) is 18.4 Å². The van der Waals surface area contributed by atoms with Gasteiger partial charge in [-0.25, -0.2) is 0 Å². The molecule has 1 aromatic heterocycles. The molecule has 1 aliphatic rings. The zero-order valence-corrected chi connectivity index (χ0v) is 16.4. The first kappa shape index (κ1) is 20.3. The number of nitro benzene ring substituents is 1. The molecule has 0 saturated heterocycles. The van der Waals surface area contributed by atoms with Gasteiger partial charge in [-0.1, -0.05) is 6.08 Å². The first-order chi connectivity index (χ1) is 13.9. The zero-order chi connectivity index (χ0) is 21.0. The molecule has 2 amide bonds. The number of non-ortho nitro benzene ring substituents is 1. The van der Waals surface area contributed by atoms with E-state index < -0.39 is 4.92 Å². The van der Waals surface area contributed by atoms with Crippen LogP contribution in [0.5, 0.6) is 0 Å². The van der Waals surface area contributed by atoms with Crippen LogP contribution in [0, 0.1) is 10.1 Å². The van der Waals surface area contributed by atoms with Crippen molar-refractivity contribution in [2.24, 2.45) is 7.05 Å². The Bertz CT molecular complexity index is 915. The summed E-state index contributed by atoms with van der Waals surface area (Å²) in [4.78, 5) is 39.4. The molecule has 0 N–H and O–H groups in total. The van der Waals surface area contributed by atoms with Crippen molar-refractivity contribution in [3.8, 4) is 0 Å². The molecule has 152 valence electrons. The molecule has 1 saturated carbocycles. The van der Waals surface area contributed by atoms with Crippen molar-refractivity contribution >= 4 is 17.5 Å². The Labute approximate surface area is 169 Å². The van der Waals surface area contributed by atoms with Gasteiger partial charge in [0.2, 0.25) is 5.91 Å². The molecule has 0 spiro atoms. The van der Waals surface area contributed by atoms with E-state index in [0.717, 1.165) is 18.5 Å². The van der Waals surface area contributed by atoms with Crippen molar-refractivity contribution in [2.75, 3.05) is 13.1 Å². The Kier molecular flexibility index (Phi) is 6.11. The van der Waals surface area contributed by atoms with E-state index in [1.54, 1.807) is 6.08 Å². The zero-order valence-electron chi connectivity index (χ0n) is 16.4. The standard InChI is InChI=1S/C21H24N4O4/c1-3-12-23(21(27)16-6-8-18(9-7-16)25(28)29)15-20(26)24(17-10-11-17)14-19-5-4-13-22(19)2/h3-9,13,17H,1,10-12,14-15H2,2H3. The highest BCUT2D eigenvalue weighted by molar-refractivity contribution is 5.96. The lowest BCUT2D eigenvalue weighted by Crippen LogP contribution is -2.43. The number of aryl methyl sites for hydroxylation is 1. The molecule has 0 radical (unpaired) electrons. The lowest BCUT2D eigenvalue weighted by Gasteiger charge is -2.27. The highest BCUT2D eigenvalue weighted by atomic mass is 16.6. The summed E-state index contributed by atoms with van der Waals surface area (Å²) in [5.74, 6) is -0.478. The van der Waals surface area contributed by atoms with E-state index in [-0.39, 0.29) is 36.6 Å². The van der Waals surface area contributed by atoms with Crippen LogP contribution in [0.25, 0.3) is 0 Å². The number of carbonyl (C=O) groups is 2. The monoisotopic (exact) mass is 396 g/mol. The van der Waals surface area contributed by atoms with E-state index in [4.69, 9.17) is 0 Å². The average molecular weight is 396 g/mol. The summed E-state index contributed by atoms with van der Waals surface area (Å²) >= 11 is 0. The second kappa shape index (κ2) is 8.72. The minimum atomic E-state index is -0.517. The van der Waals surface area contributed by atoms with E-state index in [2.05, 4.69) is 6.58 Å². The fourth-order valence-corrected chi connectivity index (χ4v) is 3.18. The van der Waals surface area contributed by atoms with E-state index >= 15 is 0 Å². The van der Waals surface area contributed by atoms with Crippen molar-refractivity contribution in [3.63, 3.8) is 0 Å². The van der Waals surface area contributed by atoms with Crippen molar-refractivity contribution in [3.05, 3.63) is 76.6 Å². The van der Waals surface area contributed by atoms with Gasteiger partial charge in [-0.15, -0.1) is 6.58 Å². The largest absolute Gasteiger partial charge is 0.353 e. The predicted octanol–water partition coefficient (Wildman–Crippen LogP) is 2.75. The van der Waals surface area contributed by atoms with Gasteiger partial charge in [0.05, 0.1) is 11.5 Å². The van der Waals surface area contributed by atoms with Crippen LogP contribution in [0.4, 0.5) is 5.69 Å². The summed E-state index contributed by atoms with van der Waals surface area (Å²) < 4.78 is 1.98. The summed E-state index contributed by atoms with van der Waals surface area (Å²) in [5.41, 5.74) is 1.24. The number of nitro groups is 1. The van der Waals surface area contributed by atoms with Crippen LogP contribution >= 0.6 is 0 Å². The van der Waals surface area contributed by atoms with Crippen molar-refractivity contribution in [1.29, 1.82) is 0 Å². The normalized spacial score (nSPS) is 13.0. The summed E-state index contributed by atoms with van der Waals surface area (Å²) in [7, 11) is 1.94. The molecule has 1 aromatic carbocycles. The van der Waals surface area contributed by atoms with Crippen LogP contribution in [0.3, 0.4) is 0 Å². The molecule has 1 aliphatic carbocycles. The molecule has 3 rings (SSSR count). The molecule has 1 fully saturated rings. The van der Waals surface area contributed by atoms with Crippen molar-refractivity contribution < 1.29 is 14.5 Å². The summed E-state index contributed by atoms with van der Waals surface area (Å²) in [6.07, 6.45) is 5.43. The Morgan fingerprint density at radius 1 is 1.28 bits per heavy atom. The lowest BCUT2D eigenvalue weighted by molar-refractivity contribution is -0.384. The van der Waals surface area contributed by atoms with E-state index in [9.17, 15) is 19.7 Å². The maximum atomic E-state index is 13.0. The minimum Gasteiger partial charge on any atom is -0.353 e. The third-order valence-corrected chi connectivity index (χ3v) is 4.98. The van der Waals surface area contributed by atoms with Gasteiger partial charge in [0.1, 0.15) is 6.54 Å². The van der Waals surface area contributed by atoms with Crippen LogP contribution < -0.4 is 0 Å². The second-order valence-corrected chi connectivity index (χ2v) is 7.14. The number of nitrogens with zero attached hydrogens (tertiary/aromatic N) is 4. The summed E-state index contributed by atoms with van der Waals surface area (Å²) in [6.45, 7) is 4.32. The highest BCUT2D eigenvalue weighted by Crippen LogP contribution is 2.28. The topological polar surface area (TPSA) is 88.7 Å². The van der Waals surface area contributed by atoms with Crippen molar-refractivity contribution in [2.45, 2.75) is 25.4 Å². The van der Waals surface area contributed by atoms with E-state index in [1.807, 2.05) is 34.8 Å². The number of amides is 2. The fraction of sp³-hybridized carbons (Fsp3) is 0.333. The predicted molar refractivity (Wildman–Crippen MR) is 108 cm³/mol. The third-order valence-electron chi connectivity index (χ3n) is 4.98. The quantitative estimate of drug-likeness (QED) is 0.370. The summed E-state index contributed by atoms with van der Waals surface area (Å²) in [5, 5.41) is 10.8. The van der Waals surface area contributed by atoms with Crippen LogP contribution in [-0.4, -0.2) is 50.2 Å². The average Bonchev–Trinajstić information content (AvgIpc) is 3.47. The van der Waals surface area contributed by atoms with Gasteiger partial charge in [-0.05, 0) is 37.1 Å². The Morgan fingerprint density at radius 3 is 2.48 bits per heavy atom. The highest BCUT2D eigenvalue weighted by Gasteiger charge is 2.34.